The third-order valence-electron chi connectivity index (χ3n) is 2.22. The smallest absolute Gasteiger partial charge is 0.283 e. The van der Waals surface area contributed by atoms with Crippen LogP contribution in [0.25, 0.3) is 0 Å². The highest BCUT2D eigenvalue weighted by Crippen LogP contribution is 2.34. The second-order valence-electron chi connectivity index (χ2n) is 3.36. The van der Waals surface area contributed by atoms with E-state index in [4.69, 9.17) is 9.47 Å². The molecule has 6 nitrogen and oxygen atoms in total. The molecule has 1 aromatic carbocycles. The van der Waals surface area contributed by atoms with Gasteiger partial charge in [-0.3, -0.25) is 14.9 Å². The summed E-state index contributed by atoms with van der Waals surface area (Å²) in [7, 11) is 1.40. The van der Waals surface area contributed by atoms with Gasteiger partial charge in [-0.15, -0.1) is 6.58 Å². The maximum absolute atomic E-state index is 10.8. The van der Waals surface area contributed by atoms with Gasteiger partial charge in [0, 0.05) is 6.07 Å². The number of nitro groups is 1. The van der Waals surface area contributed by atoms with Gasteiger partial charge in [0.2, 0.25) is 0 Å². The number of aldehydes is 1. The zero-order valence-electron chi connectivity index (χ0n) is 9.92. The Morgan fingerprint density at radius 3 is 2.67 bits per heavy atom. The first-order valence-corrected chi connectivity index (χ1v) is 5.19. The monoisotopic (exact) mass is 251 g/mol. The minimum Gasteiger partial charge on any atom is -0.493 e. The summed E-state index contributed by atoms with van der Waals surface area (Å²) in [5.41, 5.74) is -0.354. The molecule has 0 amide bonds. The van der Waals surface area contributed by atoms with Crippen molar-refractivity contribution in [2.75, 3.05) is 13.7 Å². The lowest BCUT2D eigenvalue weighted by molar-refractivity contribution is -0.385. The Morgan fingerprint density at radius 2 is 2.17 bits per heavy atom. The van der Waals surface area contributed by atoms with E-state index in [1.54, 1.807) is 6.08 Å². The fraction of sp³-hybridized carbons (Fsp3) is 0.250. The topological polar surface area (TPSA) is 78.7 Å². The molecular weight excluding hydrogens is 238 g/mol. The molecule has 0 bridgehead atoms. The van der Waals surface area contributed by atoms with Gasteiger partial charge in [-0.1, -0.05) is 6.08 Å². The van der Waals surface area contributed by atoms with Gasteiger partial charge in [0.05, 0.1) is 30.3 Å². The molecule has 0 saturated carbocycles. The molecule has 0 radical (unpaired) electrons. The maximum atomic E-state index is 10.8. The van der Waals surface area contributed by atoms with Gasteiger partial charge in [0.25, 0.3) is 5.69 Å². The predicted molar refractivity (Wildman–Crippen MR) is 65.3 cm³/mol. The number of carbonyl (C=O) groups excluding carboxylic acids is 1. The summed E-state index contributed by atoms with van der Waals surface area (Å²) in [6.45, 7) is 3.87. The first kappa shape index (κ1) is 13.7. The average Bonchev–Trinajstić information content (AvgIpc) is 2.38. The highest BCUT2D eigenvalue weighted by Gasteiger charge is 2.19. The Hall–Kier alpha value is -2.37. The third kappa shape index (κ3) is 3.07. The molecule has 1 rings (SSSR count). The first-order valence-electron chi connectivity index (χ1n) is 5.19. The molecule has 0 aromatic heterocycles. The lowest BCUT2D eigenvalue weighted by Gasteiger charge is -2.10. The molecule has 0 heterocycles. The second kappa shape index (κ2) is 6.39. The summed E-state index contributed by atoms with van der Waals surface area (Å²) in [6, 6.07) is 2.47. The highest BCUT2D eigenvalue weighted by molar-refractivity contribution is 5.83. The molecular formula is C12H13NO5. The number of carbonyl (C=O) groups is 1. The number of nitrogens with zero attached hydrogens (tertiary/aromatic N) is 1. The molecule has 0 aliphatic heterocycles. The molecule has 0 aliphatic rings. The van der Waals surface area contributed by atoms with Crippen molar-refractivity contribution in [2.45, 2.75) is 6.42 Å². The molecule has 1 aromatic rings. The summed E-state index contributed by atoms with van der Waals surface area (Å²) in [4.78, 5) is 20.9. The van der Waals surface area contributed by atoms with E-state index in [-0.39, 0.29) is 22.7 Å². The van der Waals surface area contributed by atoms with E-state index in [0.717, 1.165) is 0 Å². The Balaban J connectivity index is 3.14. The van der Waals surface area contributed by atoms with Crippen LogP contribution in [0.15, 0.2) is 24.8 Å². The minimum atomic E-state index is -0.635. The van der Waals surface area contributed by atoms with Crippen LogP contribution in [0.3, 0.4) is 0 Å². The van der Waals surface area contributed by atoms with Crippen molar-refractivity contribution < 1.29 is 19.2 Å². The number of nitro benzene ring substituents is 1. The predicted octanol–water partition coefficient (Wildman–Crippen LogP) is 2.37. The van der Waals surface area contributed by atoms with E-state index in [1.807, 2.05) is 0 Å². The van der Waals surface area contributed by atoms with Crippen LogP contribution in [0.4, 0.5) is 5.69 Å². The molecule has 0 unspecified atom stereocenters. The fourth-order valence-corrected chi connectivity index (χ4v) is 1.34. The molecule has 0 spiro atoms. The van der Waals surface area contributed by atoms with Crippen LogP contribution < -0.4 is 9.47 Å². The van der Waals surface area contributed by atoms with Crippen LogP contribution in [0, 0.1) is 10.1 Å². The number of hydrogen-bond donors (Lipinski definition) is 0. The van der Waals surface area contributed by atoms with Crippen molar-refractivity contribution in [3.8, 4) is 11.5 Å². The molecule has 6 heteroatoms. The highest BCUT2D eigenvalue weighted by atomic mass is 16.6. The molecule has 18 heavy (non-hydrogen) atoms. The van der Waals surface area contributed by atoms with E-state index in [1.165, 1.54) is 19.2 Å². The van der Waals surface area contributed by atoms with Crippen LogP contribution >= 0.6 is 0 Å². The number of benzene rings is 1. The average molecular weight is 251 g/mol. The van der Waals surface area contributed by atoms with E-state index in [2.05, 4.69) is 6.58 Å². The molecule has 0 fully saturated rings. The zero-order valence-corrected chi connectivity index (χ0v) is 9.92. The quantitative estimate of drug-likeness (QED) is 0.244. The molecule has 0 N–H and O–H groups in total. The van der Waals surface area contributed by atoms with Crippen molar-refractivity contribution >= 4 is 12.0 Å². The standard InChI is InChI=1S/C12H13NO5/c1-3-4-5-18-12-7-10(13(15)16)9(8-14)6-11(12)17-2/h3,6-8H,1,4-5H2,2H3. The van der Waals surface area contributed by atoms with Gasteiger partial charge < -0.3 is 9.47 Å². The van der Waals surface area contributed by atoms with Crippen molar-refractivity contribution in [1.82, 2.24) is 0 Å². The summed E-state index contributed by atoms with van der Waals surface area (Å²) >= 11 is 0. The summed E-state index contributed by atoms with van der Waals surface area (Å²) in [5, 5.41) is 10.8. The largest absolute Gasteiger partial charge is 0.493 e. The molecule has 0 saturated heterocycles. The lowest BCUT2D eigenvalue weighted by Crippen LogP contribution is -2.01. The van der Waals surface area contributed by atoms with Crippen molar-refractivity contribution in [3.63, 3.8) is 0 Å². The zero-order chi connectivity index (χ0) is 13.5. The molecule has 0 atom stereocenters. The van der Waals surface area contributed by atoms with Gasteiger partial charge in [-0.05, 0) is 6.42 Å². The Labute approximate surface area is 104 Å². The Bertz CT molecular complexity index is 470. The summed E-state index contributed by atoms with van der Waals surface area (Å²) in [5.74, 6) is 0.517. The van der Waals surface area contributed by atoms with Crippen LogP contribution in [0.1, 0.15) is 16.8 Å². The van der Waals surface area contributed by atoms with E-state index < -0.39 is 4.92 Å². The number of rotatable bonds is 7. The number of methoxy groups -OCH3 is 1. The van der Waals surface area contributed by atoms with Gasteiger partial charge in [-0.2, -0.15) is 0 Å². The summed E-state index contributed by atoms with van der Waals surface area (Å²) in [6.07, 6.45) is 2.68. The lowest BCUT2D eigenvalue weighted by atomic mass is 10.1. The van der Waals surface area contributed by atoms with Crippen molar-refractivity contribution in [3.05, 3.63) is 40.5 Å². The number of ether oxygens (including phenoxy) is 2. The Kier molecular flexibility index (Phi) is 4.86. The fourth-order valence-electron chi connectivity index (χ4n) is 1.34. The minimum absolute atomic E-state index is 0.0482. The van der Waals surface area contributed by atoms with E-state index in [9.17, 15) is 14.9 Å². The first-order chi connectivity index (χ1) is 8.63. The van der Waals surface area contributed by atoms with E-state index in [0.29, 0.717) is 19.3 Å². The molecule has 96 valence electrons. The normalized spacial score (nSPS) is 9.61. The summed E-state index contributed by atoms with van der Waals surface area (Å²) < 4.78 is 10.4. The van der Waals surface area contributed by atoms with Crippen molar-refractivity contribution in [1.29, 1.82) is 0 Å². The Morgan fingerprint density at radius 1 is 1.44 bits per heavy atom. The molecule has 0 aliphatic carbocycles. The third-order valence-corrected chi connectivity index (χ3v) is 2.22. The van der Waals surface area contributed by atoms with Crippen LogP contribution in [0.2, 0.25) is 0 Å². The van der Waals surface area contributed by atoms with Crippen molar-refractivity contribution in [2.24, 2.45) is 0 Å². The van der Waals surface area contributed by atoms with Crippen LogP contribution in [-0.4, -0.2) is 24.9 Å². The van der Waals surface area contributed by atoms with Gasteiger partial charge in [0.1, 0.15) is 0 Å². The van der Waals surface area contributed by atoms with Gasteiger partial charge >= 0.3 is 0 Å². The van der Waals surface area contributed by atoms with Gasteiger partial charge in [0.15, 0.2) is 17.8 Å². The SMILES string of the molecule is C=CCCOc1cc([N+](=O)[O-])c(C=O)cc1OC. The van der Waals surface area contributed by atoms with E-state index >= 15 is 0 Å². The maximum Gasteiger partial charge on any atom is 0.283 e. The van der Waals surface area contributed by atoms with Crippen LogP contribution in [-0.2, 0) is 0 Å². The van der Waals surface area contributed by atoms with Crippen LogP contribution in [0.5, 0.6) is 11.5 Å². The second-order valence-corrected chi connectivity index (χ2v) is 3.36. The number of hydrogen-bond acceptors (Lipinski definition) is 5. The van der Waals surface area contributed by atoms with Gasteiger partial charge in [-0.25, -0.2) is 0 Å².